The lowest BCUT2D eigenvalue weighted by molar-refractivity contribution is 1.48. The van der Waals surface area contributed by atoms with E-state index in [9.17, 15) is 0 Å². The average Bonchev–Trinajstić information content (AvgIpc) is 2.16. The molecule has 0 saturated carbocycles. The first kappa shape index (κ1) is 8.53. The molecular formula is C10H12N2. The topological polar surface area (TPSA) is 35.9 Å². The summed E-state index contributed by atoms with van der Waals surface area (Å²) >= 11 is 0. The van der Waals surface area contributed by atoms with Gasteiger partial charge in [-0.15, -0.1) is 0 Å². The predicted molar refractivity (Wildman–Crippen MR) is 54.0 cm³/mol. The zero-order valence-electron chi connectivity index (χ0n) is 7.09. The Morgan fingerprint density at radius 2 is 2.17 bits per heavy atom. The minimum atomic E-state index is 0.886. The molecule has 1 rings (SSSR count). The van der Waals surface area contributed by atoms with Gasteiger partial charge in [-0.05, 0) is 17.7 Å². The van der Waals surface area contributed by atoms with Crippen LogP contribution >= 0.6 is 0 Å². The van der Waals surface area contributed by atoms with Crippen LogP contribution in [0.25, 0.3) is 6.08 Å². The van der Waals surface area contributed by atoms with Gasteiger partial charge in [0.1, 0.15) is 0 Å². The second-order valence-electron chi connectivity index (χ2n) is 2.44. The first-order chi connectivity index (χ1) is 5.81. The highest BCUT2D eigenvalue weighted by Gasteiger charge is 1.96. The number of benzene rings is 1. The molecule has 0 spiro atoms. The highest BCUT2D eigenvalue weighted by Crippen LogP contribution is 2.14. The van der Waals surface area contributed by atoms with Gasteiger partial charge in [0, 0.05) is 24.5 Å². The van der Waals surface area contributed by atoms with E-state index >= 15 is 0 Å². The largest absolute Gasteiger partial charge is 0.388 e. The summed E-state index contributed by atoms with van der Waals surface area (Å²) in [5, 5.41) is 10.2. The zero-order chi connectivity index (χ0) is 8.97. The second-order valence-corrected chi connectivity index (χ2v) is 2.44. The van der Waals surface area contributed by atoms with Gasteiger partial charge in [-0.1, -0.05) is 18.7 Å². The maximum Gasteiger partial charge on any atom is 0.0344 e. The van der Waals surface area contributed by atoms with Crippen molar-refractivity contribution in [3.8, 4) is 0 Å². The van der Waals surface area contributed by atoms with Crippen LogP contribution in [-0.4, -0.2) is 13.3 Å². The Bertz CT molecular complexity index is 303. The summed E-state index contributed by atoms with van der Waals surface area (Å²) in [6.07, 6.45) is 3.08. The Labute approximate surface area is 72.4 Å². The molecule has 0 unspecified atom stereocenters. The van der Waals surface area contributed by atoms with Gasteiger partial charge in [0.05, 0.1) is 0 Å². The number of hydrogen-bond donors (Lipinski definition) is 2. The number of rotatable bonds is 3. The lowest BCUT2D eigenvalue weighted by Crippen LogP contribution is -1.91. The van der Waals surface area contributed by atoms with Crippen molar-refractivity contribution in [1.82, 2.24) is 0 Å². The predicted octanol–water partition coefficient (Wildman–Crippen LogP) is 2.37. The number of anilines is 1. The summed E-state index contributed by atoms with van der Waals surface area (Å²) in [7, 11) is 1.86. The van der Waals surface area contributed by atoms with E-state index in [1.807, 2.05) is 25.2 Å². The molecular weight excluding hydrogens is 148 g/mol. The molecule has 2 heteroatoms. The van der Waals surface area contributed by atoms with E-state index in [1.54, 1.807) is 6.08 Å². The molecule has 0 atom stereocenters. The van der Waals surface area contributed by atoms with Crippen molar-refractivity contribution in [2.24, 2.45) is 0 Å². The lowest BCUT2D eigenvalue weighted by Gasteiger charge is -2.03. The van der Waals surface area contributed by atoms with Gasteiger partial charge < -0.3 is 10.7 Å². The van der Waals surface area contributed by atoms with Crippen molar-refractivity contribution in [2.45, 2.75) is 0 Å². The van der Waals surface area contributed by atoms with Crippen molar-refractivity contribution in [2.75, 3.05) is 12.4 Å². The quantitative estimate of drug-likeness (QED) is 0.654. The maximum absolute atomic E-state index is 7.16. The van der Waals surface area contributed by atoms with Crippen molar-refractivity contribution in [1.29, 1.82) is 5.41 Å². The Morgan fingerprint density at radius 1 is 1.42 bits per heavy atom. The maximum atomic E-state index is 7.16. The fourth-order valence-corrected chi connectivity index (χ4v) is 1.04. The molecule has 0 aliphatic carbocycles. The first-order valence-corrected chi connectivity index (χ1v) is 3.76. The number of hydrogen-bond acceptors (Lipinski definition) is 2. The highest BCUT2D eigenvalue weighted by molar-refractivity contribution is 5.85. The summed E-state index contributed by atoms with van der Waals surface area (Å²) in [5.74, 6) is 0. The van der Waals surface area contributed by atoms with Gasteiger partial charge in [-0.3, -0.25) is 0 Å². The second kappa shape index (κ2) is 3.72. The molecule has 2 nitrogen and oxygen atoms in total. The van der Waals surface area contributed by atoms with E-state index in [-0.39, 0.29) is 0 Å². The van der Waals surface area contributed by atoms with Crippen LogP contribution in [0.5, 0.6) is 0 Å². The van der Waals surface area contributed by atoms with Gasteiger partial charge in [0.25, 0.3) is 0 Å². The molecule has 0 fully saturated rings. The van der Waals surface area contributed by atoms with E-state index in [0.29, 0.717) is 0 Å². The molecule has 0 aliphatic heterocycles. The molecule has 0 saturated heterocycles. The van der Waals surface area contributed by atoms with Crippen LogP contribution in [-0.2, 0) is 0 Å². The fourth-order valence-electron chi connectivity index (χ4n) is 1.04. The molecule has 0 aliphatic rings. The summed E-state index contributed by atoms with van der Waals surface area (Å²) < 4.78 is 0. The van der Waals surface area contributed by atoms with Gasteiger partial charge in [0.2, 0.25) is 0 Å². The lowest BCUT2D eigenvalue weighted by atomic mass is 10.1. The smallest absolute Gasteiger partial charge is 0.0344 e. The summed E-state index contributed by atoms with van der Waals surface area (Å²) in [5.41, 5.74) is 2.89. The molecule has 0 heterocycles. The highest BCUT2D eigenvalue weighted by atomic mass is 14.8. The third-order valence-electron chi connectivity index (χ3n) is 1.75. The molecule has 0 amide bonds. The van der Waals surface area contributed by atoms with Gasteiger partial charge in [-0.25, -0.2) is 0 Å². The van der Waals surface area contributed by atoms with Gasteiger partial charge in [-0.2, -0.15) is 0 Å². The van der Waals surface area contributed by atoms with Crippen molar-refractivity contribution in [3.63, 3.8) is 0 Å². The average molecular weight is 160 g/mol. The van der Waals surface area contributed by atoms with Crippen LogP contribution in [0.4, 0.5) is 5.69 Å². The SMILES string of the molecule is C=Cc1ccc(NC)cc1C=N. The van der Waals surface area contributed by atoms with E-state index < -0.39 is 0 Å². The summed E-state index contributed by atoms with van der Waals surface area (Å²) in [4.78, 5) is 0. The molecule has 1 aromatic carbocycles. The standard InChI is InChI=1S/C10H12N2/c1-3-8-4-5-10(12-2)6-9(8)7-11/h3-7,11-12H,1H2,2H3. The van der Waals surface area contributed by atoms with Gasteiger partial charge in [0.15, 0.2) is 0 Å². The van der Waals surface area contributed by atoms with Crippen LogP contribution in [0.2, 0.25) is 0 Å². The normalized spacial score (nSPS) is 9.08. The molecule has 12 heavy (non-hydrogen) atoms. The summed E-state index contributed by atoms with van der Waals surface area (Å²) in [6, 6.07) is 5.83. The molecule has 0 aromatic heterocycles. The Morgan fingerprint density at radius 3 is 2.67 bits per heavy atom. The van der Waals surface area contributed by atoms with Crippen LogP contribution in [0.15, 0.2) is 24.8 Å². The van der Waals surface area contributed by atoms with Crippen molar-refractivity contribution < 1.29 is 0 Å². The van der Waals surface area contributed by atoms with Crippen LogP contribution in [0.1, 0.15) is 11.1 Å². The number of nitrogens with one attached hydrogen (secondary N) is 2. The molecule has 2 N–H and O–H groups in total. The van der Waals surface area contributed by atoms with Crippen molar-refractivity contribution in [3.05, 3.63) is 35.9 Å². The third kappa shape index (κ3) is 1.53. The van der Waals surface area contributed by atoms with E-state index in [4.69, 9.17) is 5.41 Å². The minimum absolute atomic E-state index is 0.886. The molecule has 62 valence electrons. The van der Waals surface area contributed by atoms with E-state index in [0.717, 1.165) is 16.8 Å². The van der Waals surface area contributed by atoms with Crippen LogP contribution in [0.3, 0.4) is 0 Å². The zero-order valence-corrected chi connectivity index (χ0v) is 7.09. The third-order valence-corrected chi connectivity index (χ3v) is 1.75. The van der Waals surface area contributed by atoms with Gasteiger partial charge >= 0.3 is 0 Å². The first-order valence-electron chi connectivity index (χ1n) is 3.76. The van der Waals surface area contributed by atoms with E-state index in [2.05, 4.69) is 11.9 Å². The Hall–Kier alpha value is -1.57. The van der Waals surface area contributed by atoms with E-state index in [1.165, 1.54) is 6.21 Å². The Balaban J connectivity index is 3.18. The van der Waals surface area contributed by atoms with Crippen molar-refractivity contribution >= 4 is 18.0 Å². The monoisotopic (exact) mass is 160 g/mol. The Kier molecular flexibility index (Phi) is 2.64. The molecule has 0 radical (unpaired) electrons. The van der Waals surface area contributed by atoms with Crippen LogP contribution in [0, 0.1) is 5.41 Å². The van der Waals surface area contributed by atoms with Crippen LogP contribution < -0.4 is 5.32 Å². The summed E-state index contributed by atoms with van der Waals surface area (Å²) in [6.45, 7) is 3.67. The minimum Gasteiger partial charge on any atom is -0.388 e. The molecule has 1 aromatic rings. The fraction of sp³-hybridized carbons (Fsp3) is 0.100. The molecule has 0 bridgehead atoms.